The van der Waals surface area contributed by atoms with Crippen molar-refractivity contribution in [1.29, 1.82) is 0 Å². The van der Waals surface area contributed by atoms with Crippen molar-refractivity contribution in [3.05, 3.63) is 35.9 Å². The summed E-state index contributed by atoms with van der Waals surface area (Å²) in [5, 5.41) is 2.74. The average Bonchev–Trinajstić information content (AvgIpc) is 2.73. The van der Waals surface area contributed by atoms with Gasteiger partial charge in [0, 0.05) is 14.1 Å². The monoisotopic (exact) mass is 289 g/mol. The normalized spacial score (nSPS) is 21.4. The van der Waals surface area contributed by atoms with Crippen LogP contribution in [0.25, 0.3) is 0 Å². The number of carbonyl (C=O) groups excluding carboxylic acids is 3. The fourth-order valence-electron chi connectivity index (χ4n) is 2.41. The number of urea groups is 1. The number of likely N-dealkylation sites (N-methyl/N-ethyl adjacent to an activating group) is 1. The molecule has 1 aliphatic heterocycles. The molecule has 1 heterocycles. The van der Waals surface area contributed by atoms with Crippen molar-refractivity contribution in [2.24, 2.45) is 0 Å². The highest BCUT2D eigenvalue weighted by Gasteiger charge is 2.51. The molecule has 0 radical (unpaired) electrons. The number of carbonyl (C=O) groups is 3. The van der Waals surface area contributed by atoms with Gasteiger partial charge >= 0.3 is 6.03 Å². The molecule has 1 N–H and O–H groups in total. The van der Waals surface area contributed by atoms with E-state index in [0.717, 1.165) is 10.5 Å². The van der Waals surface area contributed by atoms with E-state index in [1.54, 1.807) is 26.2 Å². The van der Waals surface area contributed by atoms with E-state index in [-0.39, 0.29) is 18.4 Å². The molecule has 0 aliphatic carbocycles. The highest BCUT2D eigenvalue weighted by atomic mass is 16.2. The molecule has 2 rings (SSSR count). The first-order chi connectivity index (χ1) is 9.92. The van der Waals surface area contributed by atoms with Gasteiger partial charge in [0.25, 0.3) is 5.91 Å². The van der Waals surface area contributed by atoms with Gasteiger partial charge in [0.15, 0.2) is 0 Å². The molecule has 1 aromatic rings. The molecule has 1 aromatic carbocycles. The molecule has 6 heteroatoms. The van der Waals surface area contributed by atoms with Crippen LogP contribution >= 0.6 is 0 Å². The van der Waals surface area contributed by atoms with Crippen LogP contribution in [0.2, 0.25) is 0 Å². The molecule has 0 bridgehead atoms. The molecule has 0 aromatic heterocycles. The van der Waals surface area contributed by atoms with E-state index >= 15 is 0 Å². The Hall–Kier alpha value is -2.37. The molecule has 0 saturated carbocycles. The Bertz CT molecular complexity index is 571. The molecule has 1 aliphatic rings. The first-order valence-electron chi connectivity index (χ1n) is 6.82. The fraction of sp³-hybridized carbons (Fsp3) is 0.400. The molecular formula is C15H19N3O3. The summed E-state index contributed by atoms with van der Waals surface area (Å²) in [7, 11) is 3.18. The molecule has 0 unspecified atom stereocenters. The molecular weight excluding hydrogens is 270 g/mol. The van der Waals surface area contributed by atoms with Crippen LogP contribution in [0.4, 0.5) is 4.79 Å². The van der Waals surface area contributed by atoms with Gasteiger partial charge < -0.3 is 10.2 Å². The minimum Gasteiger partial charge on any atom is -0.347 e. The highest BCUT2D eigenvalue weighted by Crippen LogP contribution is 2.32. The van der Waals surface area contributed by atoms with E-state index in [9.17, 15) is 14.4 Å². The van der Waals surface area contributed by atoms with Gasteiger partial charge in [-0.2, -0.15) is 0 Å². The summed E-state index contributed by atoms with van der Waals surface area (Å²) in [5.41, 5.74) is -0.351. The largest absolute Gasteiger partial charge is 0.347 e. The van der Waals surface area contributed by atoms with Crippen LogP contribution < -0.4 is 5.32 Å². The van der Waals surface area contributed by atoms with Gasteiger partial charge in [-0.1, -0.05) is 37.3 Å². The van der Waals surface area contributed by atoms with Crippen molar-refractivity contribution in [2.75, 3.05) is 20.6 Å². The summed E-state index contributed by atoms with van der Waals surface area (Å²) in [6, 6.07) is 8.57. The number of rotatable bonds is 4. The second-order valence-corrected chi connectivity index (χ2v) is 5.23. The van der Waals surface area contributed by atoms with Crippen LogP contribution in [0, 0.1) is 0 Å². The van der Waals surface area contributed by atoms with Crippen LogP contribution in [0.1, 0.15) is 18.9 Å². The van der Waals surface area contributed by atoms with E-state index < -0.39 is 11.6 Å². The number of amides is 4. The van der Waals surface area contributed by atoms with Gasteiger partial charge in [0.1, 0.15) is 12.1 Å². The summed E-state index contributed by atoms with van der Waals surface area (Å²) >= 11 is 0. The van der Waals surface area contributed by atoms with Gasteiger partial charge in [-0.05, 0) is 12.0 Å². The average molecular weight is 289 g/mol. The van der Waals surface area contributed by atoms with E-state index in [4.69, 9.17) is 0 Å². The highest BCUT2D eigenvalue weighted by molar-refractivity contribution is 6.09. The molecule has 6 nitrogen and oxygen atoms in total. The van der Waals surface area contributed by atoms with Crippen LogP contribution in [0.15, 0.2) is 30.3 Å². The number of hydrogen-bond acceptors (Lipinski definition) is 3. The Morgan fingerprint density at radius 2 is 1.86 bits per heavy atom. The minimum absolute atomic E-state index is 0.244. The second kappa shape index (κ2) is 5.55. The van der Waals surface area contributed by atoms with Gasteiger partial charge in [-0.15, -0.1) is 0 Å². The lowest BCUT2D eigenvalue weighted by Gasteiger charge is -2.25. The molecule has 1 fully saturated rings. The lowest BCUT2D eigenvalue weighted by Crippen LogP contribution is -2.44. The van der Waals surface area contributed by atoms with Gasteiger partial charge in [-0.25, -0.2) is 4.79 Å². The smallest absolute Gasteiger partial charge is 0.325 e. The predicted molar refractivity (Wildman–Crippen MR) is 77.3 cm³/mol. The third-order valence-electron chi connectivity index (χ3n) is 3.76. The minimum atomic E-state index is -1.08. The Morgan fingerprint density at radius 1 is 1.24 bits per heavy atom. The zero-order chi connectivity index (χ0) is 15.6. The van der Waals surface area contributed by atoms with Gasteiger partial charge in [-0.3, -0.25) is 14.5 Å². The lowest BCUT2D eigenvalue weighted by atomic mass is 9.87. The van der Waals surface area contributed by atoms with Crippen molar-refractivity contribution in [3.8, 4) is 0 Å². The summed E-state index contributed by atoms with van der Waals surface area (Å²) < 4.78 is 0. The number of benzene rings is 1. The number of imide groups is 1. The molecule has 112 valence electrons. The van der Waals surface area contributed by atoms with E-state index in [1.165, 1.54) is 4.90 Å². The summed E-state index contributed by atoms with van der Waals surface area (Å²) in [6.45, 7) is 1.59. The topological polar surface area (TPSA) is 69.7 Å². The van der Waals surface area contributed by atoms with E-state index in [1.807, 2.05) is 25.1 Å². The maximum absolute atomic E-state index is 12.7. The summed E-state index contributed by atoms with van der Waals surface area (Å²) in [6.07, 6.45) is 0.425. The van der Waals surface area contributed by atoms with Gasteiger partial charge in [0.2, 0.25) is 5.91 Å². The van der Waals surface area contributed by atoms with Crippen molar-refractivity contribution in [1.82, 2.24) is 15.1 Å². The number of nitrogens with one attached hydrogen (secondary N) is 1. The second-order valence-electron chi connectivity index (χ2n) is 5.23. The molecule has 21 heavy (non-hydrogen) atoms. The Kier molecular flexibility index (Phi) is 3.97. The number of nitrogens with zero attached hydrogens (tertiary/aromatic N) is 2. The third-order valence-corrected chi connectivity index (χ3v) is 3.76. The van der Waals surface area contributed by atoms with E-state index in [2.05, 4.69) is 5.32 Å². The molecule has 1 atom stereocenters. The van der Waals surface area contributed by atoms with E-state index in [0.29, 0.717) is 6.42 Å². The molecule has 4 amide bonds. The number of hydrogen-bond donors (Lipinski definition) is 1. The summed E-state index contributed by atoms with van der Waals surface area (Å²) in [4.78, 5) is 38.9. The molecule has 1 saturated heterocycles. The van der Waals surface area contributed by atoms with Crippen LogP contribution in [0.5, 0.6) is 0 Å². The lowest BCUT2D eigenvalue weighted by molar-refractivity contribution is -0.138. The van der Waals surface area contributed by atoms with Crippen molar-refractivity contribution < 1.29 is 14.4 Å². The Morgan fingerprint density at radius 3 is 2.38 bits per heavy atom. The van der Waals surface area contributed by atoms with Crippen molar-refractivity contribution in [3.63, 3.8) is 0 Å². The SMILES string of the molecule is CC[C@@]1(c2ccccc2)NC(=O)N(CC(=O)N(C)C)C1=O. The zero-order valence-corrected chi connectivity index (χ0v) is 12.4. The van der Waals surface area contributed by atoms with Crippen LogP contribution in [-0.4, -0.2) is 48.3 Å². The van der Waals surface area contributed by atoms with Crippen LogP contribution in [-0.2, 0) is 15.1 Å². The van der Waals surface area contributed by atoms with Crippen molar-refractivity contribution in [2.45, 2.75) is 18.9 Å². The van der Waals surface area contributed by atoms with Crippen LogP contribution in [0.3, 0.4) is 0 Å². The molecule has 0 spiro atoms. The zero-order valence-electron chi connectivity index (χ0n) is 12.4. The maximum Gasteiger partial charge on any atom is 0.325 e. The first kappa shape index (κ1) is 15.0. The Labute approximate surface area is 123 Å². The fourth-order valence-corrected chi connectivity index (χ4v) is 2.41. The third kappa shape index (κ3) is 2.49. The quantitative estimate of drug-likeness (QED) is 0.838. The maximum atomic E-state index is 12.7. The predicted octanol–water partition coefficient (Wildman–Crippen LogP) is 0.932. The summed E-state index contributed by atoms with van der Waals surface area (Å²) in [5.74, 6) is -0.671. The standard InChI is InChI=1S/C15H19N3O3/c1-4-15(11-8-6-5-7-9-11)13(20)18(14(21)16-15)10-12(19)17(2)3/h5-9H,4,10H2,1-3H3,(H,16,21)/t15-/m0/s1. The first-order valence-corrected chi connectivity index (χ1v) is 6.82. The van der Waals surface area contributed by atoms with Gasteiger partial charge in [0.05, 0.1) is 0 Å². The van der Waals surface area contributed by atoms with Crippen molar-refractivity contribution >= 4 is 17.8 Å². The Balaban J connectivity index is 2.33.